The second-order valence-electron chi connectivity index (χ2n) is 8.76. The van der Waals surface area contributed by atoms with Gasteiger partial charge in [0.15, 0.2) is 5.60 Å². The number of aromatic nitrogens is 4. The van der Waals surface area contributed by atoms with Crippen LogP contribution in [-0.4, -0.2) is 37.7 Å². The van der Waals surface area contributed by atoms with Crippen molar-refractivity contribution in [2.75, 3.05) is 12.0 Å². The molecule has 8 nitrogen and oxygen atoms in total. The van der Waals surface area contributed by atoms with Crippen molar-refractivity contribution in [1.82, 2.24) is 19.6 Å². The lowest BCUT2D eigenvalue weighted by Gasteiger charge is -2.23. The first-order chi connectivity index (χ1) is 17.4. The van der Waals surface area contributed by atoms with Gasteiger partial charge >= 0.3 is 0 Å². The predicted octanol–water partition coefficient (Wildman–Crippen LogP) is 4.20. The van der Waals surface area contributed by atoms with E-state index in [0.717, 1.165) is 22.3 Å². The van der Waals surface area contributed by atoms with Gasteiger partial charge in [-0.05, 0) is 42.5 Å². The molecule has 1 atom stereocenters. The molecule has 0 spiro atoms. The molecule has 2 aromatic heterocycles. The number of hydrogen-bond acceptors (Lipinski definition) is 5. The van der Waals surface area contributed by atoms with Crippen molar-refractivity contribution in [3.63, 3.8) is 0 Å². The smallest absolute Gasteiger partial charge is 0.268 e. The fraction of sp³-hybridized carbons (Fsp3) is 0.148. The summed E-state index contributed by atoms with van der Waals surface area (Å²) in [6, 6.07) is 20.3. The van der Waals surface area contributed by atoms with E-state index in [1.807, 2.05) is 60.1 Å². The summed E-state index contributed by atoms with van der Waals surface area (Å²) in [5.74, 6) is 0.254. The van der Waals surface area contributed by atoms with Gasteiger partial charge in [0.1, 0.15) is 11.4 Å². The number of para-hydroxylation sites is 1. The van der Waals surface area contributed by atoms with Crippen LogP contribution in [0.1, 0.15) is 16.8 Å². The molecule has 0 radical (unpaired) electrons. The molecular formula is C27H22ClN5O3. The topological polar surface area (TPSA) is 85.4 Å². The minimum atomic E-state index is -1.94. The van der Waals surface area contributed by atoms with Crippen LogP contribution in [0.25, 0.3) is 16.6 Å². The van der Waals surface area contributed by atoms with Gasteiger partial charge in [0.2, 0.25) is 0 Å². The Hall–Kier alpha value is -4.14. The predicted molar refractivity (Wildman–Crippen MR) is 136 cm³/mol. The van der Waals surface area contributed by atoms with Crippen LogP contribution in [0.15, 0.2) is 79.1 Å². The zero-order valence-electron chi connectivity index (χ0n) is 19.6. The van der Waals surface area contributed by atoms with Crippen LogP contribution in [0.5, 0.6) is 5.75 Å². The summed E-state index contributed by atoms with van der Waals surface area (Å²) in [5.41, 5.74) is 1.73. The normalized spacial score (nSPS) is 17.1. The first-order valence-corrected chi connectivity index (χ1v) is 11.7. The number of benzene rings is 3. The van der Waals surface area contributed by atoms with Gasteiger partial charge in [-0.25, -0.2) is 4.68 Å². The van der Waals surface area contributed by atoms with Crippen molar-refractivity contribution in [3.8, 4) is 11.4 Å². The molecule has 180 valence electrons. The Morgan fingerprint density at radius 1 is 1.03 bits per heavy atom. The van der Waals surface area contributed by atoms with Gasteiger partial charge in [0, 0.05) is 40.3 Å². The maximum absolute atomic E-state index is 14.0. The molecule has 0 saturated carbocycles. The molecule has 0 unspecified atom stereocenters. The molecule has 0 aliphatic carbocycles. The first kappa shape index (κ1) is 22.3. The minimum Gasteiger partial charge on any atom is -0.497 e. The van der Waals surface area contributed by atoms with Gasteiger partial charge in [-0.3, -0.25) is 4.79 Å². The highest BCUT2D eigenvalue weighted by atomic mass is 35.5. The van der Waals surface area contributed by atoms with Gasteiger partial charge < -0.3 is 19.3 Å². The number of carbonyl (C=O) groups is 1. The number of fused-ring (bicyclic) bond motifs is 2. The third-order valence-corrected chi connectivity index (χ3v) is 7.00. The number of hydrogen-bond donors (Lipinski definition) is 1. The van der Waals surface area contributed by atoms with Gasteiger partial charge in [0.25, 0.3) is 5.91 Å². The van der Waals surface area contributed by atoms with Crippen LogP contribution in [0.4, 0.5) is 5.69 Å². The summed E-state index contributed by atoms with van der Waals surface area (Å²) in [6.45, 7) is 0.120. The number of carbonyl (C=O) groups excluding carboxylic acids is 1. The van der Waals surface area contributed by atoms with E-state index in [9.17, 15) is 9.90 Å². The number of ether oxygens (including phenoxy) is 1. The number of nitrogens with zero attached hydrogens (tertiary/aromatic N) is 5. The highest BCUT2D eigenvalue weighted by Crippen LogP contribution is 2.49. The first-order valence-electron chi connectivity index (χ1n) is 11.4. The highest BCUT2D eigenvalue weighted by Gasteiger charge is 2.53. The molecule has 36 heavy (non-hydrogen) atoms. The Balaban J connectivity index is 1.41. The lowest BCUT2D eigenvalue weighted by atomic mass is 9.87. The summed E-state index contributed by atoms with van der Waals surface area (Å²) >= 11 is 6.62. The lowest BCUT2D eigenvalue weighted by Crippen LogP contribution is -2.41. The van der Waals surface area contributed by atoms with Crippen LogP contribution < -0.4 is 9.64 Å². The monoisotopic (exact) mass is 499 g/mol. The van der Waals surface area contributed by atoms with E-state index in [-0.39, 0.29) is 6.54 Å². The Kier molecular flexibility index (Phi) is 5.10. The Morgan fingerprint density at radius 3 is 2.58 bits per heavy atom. The van der Waals surface area contributed by atoms with E-state index in [1.165, 1.54) is 4.90 Å². The van der Waals surface area contributed by atoms with Gasteiger partial charge in [-0.1, -0.05) is 41.1 Å². The van der Waals surface area contributed by atoms with E-state index < -0.39 is 11.5 Å². The van der Waals surface area contributed by atoms with E-state index in [0.29, 0.717) is 27.5 Å². The Labute approximate surface area is 211 Å². The van der Waals surface area contributed by atoms with E-state index in [4.69, 9.17) is 16.3 Å². The molecule has 6 rings (SSSR count). The average Bonchev–Trinajstić information content (AvgIpc) is 3.56. The summed E-state index contributed by atoms with van der Waals surface area (Å²) < 4.78 is 8.74. The second-order valence-corrected chi connectivity index (χ2v) is 9.17. The quantitative estimate of drug-likeness (QED) is 0.391. The van der Waals surface area contributed by atoms with Crippen LogP contribution in [-0.2, 0) is 24.0 Å². The van der Waals surface area contributed by atoms with E-state index in [2.05, 4.69) is 10.3 Å². The number of halogens is 1. The Bertz CT molecular complexity index is 1620. The molecule has 9 heteroatoms. The summed E-state index contributed by atoms with van der Waals surface area (Å²) in [6.07, 6.45) is 3.55. The number of aliphatic hydroxyl groups is 1. The van der Waals surface area contributed by atoms with Crippen molar-refractivity contribution >= 4 is 34.1 Å². The molecule has 1 aliphatic rings. The second kappa shape index (κ2) is 8.22. The van der Waals surface area contributed by atoms with Crippen LogP contribution in [0.2, 0.25) is 5.02 Å². The third kappa shape index (κ3) is 3.22. The molecule has 0 fully saturated rings. The molecule has 0 bridgehead atoms. The van der Waals surface area contributed by atoms with Crippen LogP contribution in [0.3, 0.4) is 0 Å². The standard InChI is InChI=1S/C27H22ClN5O3/c1-31-16-21(20-6-3-4-8-23(20)31)27(35)25-22(28)7-5-9-24(25)32(26(27)34)14-17-15-33(30-29-17)18-10-12-19(36-2)13-11-18/h3-13,15-16,35H,14H2,1-2H3/t27-/m1/s1. The zero-order chi connectivity index (χ0) is 25.0. The lowest BCUT2D eigenvalue weighted by molar-refractivity contribution is -0.132. The van der Waals surface area contributed by atoms with Crippen molar-refractivity contribution < 1.29 is 14.6 Å². The fourth-order valence-electron chi connectivity index (χ4n) is 4.94. The average molecular weight is 500 g/mol. The number of rotatable bonds is 5. The van der Waals surface area contributed by atoms with Gasteiger partial charge in [-0.15, -0.1) is 5.10 Å². The van der Waals surface area contributed by atoms with Crippen molar-refractivity contribution in [3.05, 3.63) is 101 Å². The maximum Gasteiger partial charge on any atom is 0.268 e. The molecule has 3 aromatic carbocycles. The molecule has 1 amide bonds. The number of amides is 1. The van der Waals surface area contributed by atoms with Crippen molar-refractivity contribution in [1.29, 1.82) is 0 Å². The third-order valence-electron chi connectivity index (χ3n) is 6.68. The Morgan fingerprint density at radius 2 is 1.81 bits per heavy atom. The summed E-state index contributed by atoms with van der Waals surface area (Å²) in [7, 11) is 3.50. The fourth-order valence-corrected chi connectivity index (χ4v) is 5.24. The van der Waals surface area contributed by atoms with E-state index >= 15 is 0 Å². The van der Waals surface area contributed by atoms with Crippen molar-refractivity contribution in [2.45, 2.75) is 12.1 Å². The van der Waals surface area contributed by atoms with Gasteiger partial charge in [0.05, 0.1) is 31.2 Å². The van der Waals surface area contributed by atoms with Gasteiger partial charge in [-0.2, -0.15) is 0 Å². The largest absolute Gasteiger partial charge is 0.497 e. The zero-order valence-corrected chi connectivity index (χ0v) is 20.3. The number of anilines is 1. The van der Waals surface area contributed by atoms with Crippen LogP contribution in [0, 0.1) is 0 Å². The van der Waals surface area contributed by atoms with Crippen LogP contribution >= 0.6 is 11.6 Å². The highest BCUT2D eigenvalue weighted by molar-refractivity contribution is 6.33. The molecule has 3 heterocycles. The SMILES string of the molecule is COc1ccc(-n2cc(CN3C(=O)[C@@](O)(c4cn(C)c5ccccc45)c4c(Cl)cccc43)nn2)cc1. The molecular weight excluding hydrogens is 478 g/mol. The molecule has 1 N–H and O–H groups in total. The molecule has 5 aromatic rings. The minimum absolute atomic E-state index is 0.120. The number of aryl methyl sites for hydroxylation is 1. The number of methoxy groups -OCH3 is 1. The van der Waals surface area contributed by atoms with E-state index in [1.54, 1.807) is 42.4 Å². The maximum atomic E-state index is 14.0. The summed E-state index contributed by atoms with van der Waals surface area (Å²) in [5, 5.41) is 21.7. The van der Waals surface area contributed by atoms with Crippen molar-refractivity contribution in [2.24, 2.45) is 7.05 Å². The molecule has 0 saturated heterocycles. The molecule has 1 aliphatic heterocycles. The summed E-state index contributed by atoms with van der Waals surface area (Å²) in [4.78, 5) is 15.5.